The van der Waals surface area contributed by atoms with Crippen LogP contribution in [0.5, 0.6) is 0 Å². The van der Waals surface area contributed by atoms with Crippen LogP contribution in [0.2, 0.25) is 5.02 Å². The number of H-pyrrole nitrogens is 1. The zero-order valence-electron chi connectivity index (χ0n) is 15.2. The highest BCUT2D eigenvalue weighted by molar-refractivity contribution is 7.99. The molecule has 6 nitrogen and oxygen atoms in total. The molecule has 0 saturated heterocycles. The summed E-state index contributed by atoms with van der Waals surface area (Å²) in [7, 11) is 0. The van der Waals surface area contributed by atoms with Crippen LogP contribution in [-0.2, 0) is 11.2 Å². The van der Waals surface area contributed by atoms with Crippen LogP contribution in [0.25, 0.3) is 0 Å². The van der Waals surface area contributed by atoms with Crippen molar-refractivity contribution in [3.63, 3.8) is 0 Å². The van der Waals surface area contributed by atoms with Gasteiger partial charge >= 0.3 is 0 Å². The van der Waals surface area contributed by atoms with Gasteiger partial charge in [0.05, 0.1) is 18.2 Å². The number of anilines is 1. The summed E-state index contributed by atoms with van der Waals surface area (Å²) in [5.41, 5.74) is 1.62. The Kier molecular flexibility index (Phi) is 7.09. The van der Waals surface area contributed by atoms with Gasteiger partial charge in [-0.1, -0.05) is 29.4 Å². The van der Waals surface area contributed by atoms with Gasteiger partial charge in [0, 0.05) is 28.6 Å². The molecule has 0 bridgehead atoms. The Balaban J connectivity index is 1.64. The van der Waals surface area contributed by atoms with Crippen LogP contribution in [-0.4, -0.2) is 33.4 Å². The summed E-state index contributed by atoms with van der Waals surface area (Å²) in [5, 5.41) is 19.2. The Labute approximate surface area is 176 Å². The lowest BCUT2D eigenvalue weighted by Crippen LogP contribution is -2.33. The standard InChI is InChI=1S/C19H18ClN5OS2/c1-13-10-14(5-6-16(13)20)25(8-3-7-21)18(26)12-28-19-22-17(23-24-19)11-15-4-2-9-27-15/h2,4-6,9-10H,3,8,11-12H2,1H3,(H,22,23,24). The van der Waals surface area contributed by atoms with Crippen LogP contribution in [0.4, 0.5) is 5.69 Å². The van der Waals surface area contributed by atoms with Crippen molar-refractivity contribution in [2.24, 2.45) is 0 Å². The second-order valence-corrected chi connectivity index (χ2v) is 8.38. The average molecular weight is 432 g/mol. The molecule has 28 heavy (non-hydrogen) atoms. The van der Waals surface area contributed by atoms with E-state index in [1.807, 2.05) is 30.5 Å². The Morgan fingerprint density at radius 2 is 2.29 bits per heavy atom. The fourth-order valence-corrected chi connectivity index (χ4v) is 4.08. The molecule has 0 saturated carbocycles. The Bertz CT molecular complexity index is 981. The highest BCUT2D eigenvalue weighted by Gasteiger charge is 2.18. The monoisotopic (exact) mass is 431 g/mol. The van der Waals surface area contributed by atoms with E-state index in [9.17, 15) is 4.79 Å². The predicted octanol–water partition coefficient (Wildman–Crippen LogP) is 4.46. The number of aromatic nitrogens is 3. The maximum Gasteiger partial charge on any atom is 0.237 e. The van der Waals surface area contributed by atoms with Crippen molar-refractivity contribution in [3.8, 4) is 6.07 Å². The van der Waals surface area contributed by atoms with Gasteiger partial charge in [0.15, 0.2) is 0 Å². The minimum Gasteiger partial charge on any atom is -0.311 e. The molecule has 3 rings (SSSR count). The Morgan fingerprint density at radius 3 is 3.00 bits per heavy atom. The Morgan fingerprint density at radius 1 is 1.43 bits per heavy atom. The van der Waals surface area contributed by atoms with Crippen LogP contribution < -0.4 is 4.90 Å². The van der Waals surface area contributed by atoms with Crippen LogP contribution >= 0.6 is 34.7 Å². The first kappa shape index (κ1) is 20.4. The van der Waals surface area contributed by atoms with Gasteiger partial charge < -0.3 is 4.90 Å². The van der Waals surface area contributed by atoms with Gasteiger partial charge in [-0.3, -0.25) is 9.89 Å². The molecule has 1 amide bonds. The van der Waals surface area contributed by atoms with Crippen molar-refractivity contribution in [2.45, 2.75) is 24.9 Å². The first-order valence-electron chi connectivity index (χ1n) is 8.56. The van der Waals surface area contributed by atoms with E-state index in [0.717, 1.165) is 17.1 Å². The van der Waals surface area contributed by atoms with Crippen LogP contribution in [0.3, 0.4) is 0 Å². The lowest BCUT2D eigenvalue weighted by Gasteiger charge is -2.22. The zero-order chi connectivity index (χ0) is 19.9. The fourth-order valence-electron chi connectivity index (χ4n) is 2.56. The number of rotatable bonds is 8. The molecule has 3 aromatic rings. The van der Waals surface area contributed by atoms with E-state index >= 15 is 0 Å². The highest BCUT2D eigenvalue weighted by atomic mass is 35.5. The van der Waals surface area contributed by atoms with Gasteiger partial charge in [-0.25, -0.2) is 4.98 Å². The number of hydrogen-bond acceptors (Lipinski definition) is 6. The molecule has 1 N–H and O–H groups in total. The van der Waals surface area contributed by atoms with Gasteiger partial charge in [0.1, 0.15) is 5.82 Å². The molecule has 144 valence electrons. The van der Waals surface area contributed by atoms with E-state index in [1.165, 1.54) is 16.6 Å². The first-order chi connectivity index (χ1) is 13.6. The van der Waals surface area contributed by atoms with E-state index in [1.54, 1.807) is 28.4 Å². The van der Waals surface area contributed by atoms with Gasteiger partial charge in [-0.05, 0) is 42.1 Å². The number of hydrogen-bond donors (Lipinski definition) is 1. The van der Waals surface area contributed by atoms with Crippen molar-refractivity contribution in [3.05, 3.63) is 57.0 Å². The lowest BCUT2D eigenvalue weighted by molar-refractivity contribution is -0.116. The molecule has 0 aliphatic rings. The van der Waals surface area contributed by atoms with E-state index < -0.39 is 0 Å². The maximum absolute atomic E-state index is 12.8. The minimum absolute atomic E-state index is 0.105. The van der Waals surface area contributed by atoms with Crippen LogP contribution in [0.1, 0.15) is 22.7 Å². The summed E-state index contributed by atoms with van der Waals surface area (Å²) in [4.78, 5) is 20.0. The third-order valence-electron chi connectivity index (χ3n) is 3.96. The predicted molar refractivity (Wildman–Crippen MR) is 113 cm³/mol. The quantitative estimate of drug-likeness (QED) is 0.532. The minimum atomic E-state index is -0.105. The molecule has 0 radical (unpaired) electrons. The van der Waals surface area contributed by atoms with Crippen LogP contribution in [0.15, 0.2) is 40.9 Å². The molecular formula is C19H18ClN5OS2. The second-order valence-electron chi connectivity index (χ2n) is 6.00. The van der Waals surface area contributed by atoms with Gasteiger partial charge in [-0.15, -0.1) is 16.4 Å². The molecule has 0 unspecified atom stereocenters. The molecule has 1 aromatic carbocycles. The number of halogens is 1. The normalized spacial score (nSPS) is 10.6. The fraction of sp³-hybridized carbons (Fsp3) is 0.263. The molecule has 9 heteroatoms. The summed E-state index contributed by atoms with van der Waals surface area (Å²) < 4.78 is 0. The third kappa shape index (κ3) is 5.35. The first-order valence-corrected chi connectivity index (χ1v) is 10.8. The molecule has 2 heterocycles. The maximum atomic E-state index is 12.8. The number of nitrogens with one attached hydrogen (secondary N) is 1. The number of aryl methyl sites for hydroxylation is 1. The smallest absolute Gasteiger partial charge is 0.237 e. The summed E-state index contributed by atoms with van der Waals surface area (Å²) in [5.74, 6) is 0.849. The summed E-state index contributed by atoms with van der Waals surface area (Å²) in [6.45, 7) is 2.21. The SMILES string of the molecule is Cc1cc(N(CCC#N)C(=O)CSc2n[nH]c(Cc3cccs3)n2)ccc1Cl. The van der Waals surface area contributed by atoms with E-state index in [-0.39, 0.29) is 18.1 Å². The van der Waals surface area contributed by atoms with Crippen molar-refractivity contribution in [1.29, 1.82) is 5.26 Å². The highest BCUT2D eigenvalue weighted by Crippen LogP contribution is 2.24. The number of nitrogens with zero attached hydrogens (tertiary/aromatic N) is 4. The largest absolute Gasteiger partial charge is 0.311 e. The number of amides is 1. The van der Waals surface area contributed by atoms with E-state index in [0.29, 0.717) is 23.1 Å². The number of carbonyl (C=O) groups is 1. The topological polar surface area (TPSA) is 85.7 Å². The second kappa shape index (κ2) is 9.73. The number of benzene rings is 1. The van der Waals surface area contributed by atoms with Gasteiger partial charge in [-0.2, -0.15) is 5.26 Å². The summed E-state index contributed by atoms with van der Waals surface area (Å²) >= 11 is 9.03. The lowest BCUT2D eigenvalue weighted by atomic mass is 10.2. The molecule has 0 spiro atoms. The number of nitriles is 1. The van der Waals surface area contributed by atoms with Gasteiger partial charge in [0.2, 0.25) is 11.1 Å². The molecule has 0 fully saturated rings. The van der Waals surface area contributed by atoms with Crippen molar-refractivity contribution in [2.75, 3.05) is 17.2 Å². The number of aromatic amines is 1. The Hall–Kier alpha value is -2.34. The molecule has 0 aliphatic heterocycles. The summed E-state index contributed by atoms with van der Waals surface area (Å²) in [6, 6.07) is 11.5. The van der Waals surface area contributed by atoms with Crippen molar-refractivity contribution in [1.82, 2.24) is 15.2 Å². The molecule has 2 aromatic heterocycles. The van der Waals surface area contributed by atoms with E-state index in [4.69, 9.17) is 16.9 Å². The van der Waals surface area contributed by atoms with Crippen LogP contribution in [0, 0.1) is 18.3 Å². The molecule has 0 aliphatic carbocycles. The molecular weight excluding hydrogens is 414 g/mol. The summed E-state index contributed by atoms with van der Waals surface area (Å²) in [6.07, 6.45) is 0.946. The number of thiophene rings is 1. The zero-order valence-corrected chi connectivity index (χ0v) is 17.6. The number of thioether (sulfide) groups is 1. The van der Waals surface area contributed by atoms with Crippen molar-refractivity contribution < 1.29 is 4.79 Å². The van der Waals surface area contributed by atoms with Crippen molar-refractivity contribution >= 4 is 46.3 Å². The molecule has 0 atom stereocenters. The third-order valence-corrected chi connectivity index (χ3v) is 6.09. The average Bonchev–Trinajstić information content (AvgIpc) is 3.35. The van der Waals surface area contributed by atoms with Gasteiger partial charge in [0.25, 0.3) is 0 Å². The number of carbonyl (C=O) groups excluding carboxylic acids is 1. The van der Waals surface area contributed by atoms with E-state index in [2.05, 4.69) is 21.3 Å².